The minimum Gasteiger partial charge on any atom is -0.482 e. The lowest BCUT2D eigenvalue weighted by Gasteiger charge is -2.24. The van der Waals surface area contributed by atoms with Crippen LogP contribution < -0.4 is 21.1 Å². The van der Waals surface area contributed by atoms with Gasteiger partial charge in [-0.25, -0.2) is 14.4 Å². The van der Waals surface area contributed by atoms with E-state index in [-0.39, 0.29) is 12.4 Å². The number of nitrogens with two attached hydrogens (primary N) is 1. The summed E-state index contributed by atoms with van der Waals surface area (Å²) in [6.45, 7) is 4.60. The van der Waals surface area contributed by atoms with Gasteiger partial charge in [-0.2, -0.15) is 0 Å². The minimum absolute atomic E-state index is 0.224. The quantitative estimate of drug-likeness (QED) is 0.351. The lowest BCUT2D eigenvalue weighted by molar-refractivity contribution is 0.227. The summed E-state index contributed by atoms with van der Waals surface area (Å²) in [5, 5.41) is 22.7. The Morgan fingerprint density at radius 2 is 2.18 bits per heavy atom. The van der Waals surface area contributed by atoms with Gasteiger partial charge < -0.3 is 26.5 Å². The van der Waals surface area contributed by atoms with Crippen LogP contribution in [0.4, 0.5) is 10.2 Å². The highest BCUT2D eigenvalue weighted by Crippen LogP contribution is 2.33. The first-order valence-electron chi connectivity index (χ1n) is 10.9. The second-order valence-electron chi connectivity index (χ2n) is 8.36. The van der Waals surface area contributed by atoms with Gasteiger partial charge in [0.15, 0.2) is 11.6 Å². The van der Waals surface area contributed by atoms with Gasteiger partial charge in [0.05, 0.1) is 0 Å². The van der Waals surface area contributed by atoms with E-state index < -0.39 is 11.9 Å². The molecule has 0 radical (unpaired) electrons. The number of hydrogen-bond acceptors (Lipinski definition) is 6. The van der Waals surface area contributed by atoms with Crippen molar-refractivity contribution in [3.8, 4) is 5.75 Å². The summed E-state index contributed by atoms with van der Waals surface area (Å²) < 4.78 is 20.3. The fourth-order valence-electron chi connectivity index (χ4n) is 3.83. The number of nitrogens with one attached hydrogen (secondary N) is 4. The Labute approximate surface area is 192 Å². The number of amidine groups is 1. The molecule has 9 heteroatoms. The second-order valence-corrected chi connectivity index (χ2v) is 8.36. The summed E-state index contributed by atoms with van der Waals surface area (Å²) >= 11 is 0. The zero-order valence-corrected chi connectivity index (χ0v) is 18.7. The zero-order chi connectivity index (χ0) is 23.5. The molecule has 0 amide bonds. The first-order chi connectivity index (χ1) is 15.9. The molecule has 0 unspecified atom stereocenters. The molecule has 1 aromatic carbocycles. The van der Waals surface area contributed by atoms with Gasteiger partial charge in [-0.1, -0.05) is 0 Å². The Morgan fingerprint density at radius 1 is 1.39 bits per heavy atom. The molecular weight excluding hydrogens is 421 g/mol. The van der Waals surface area contributed by atoms with Crippen LogP contribution >= 0.6 is 0 Å². The fourth-order valence-corrected chi connectivity index (χ4v) is 3.83. The number of nitrogens with zero attached hydrogens (tertiary/aromatic N) is 2. The Morgan fingerprint density at radius 3 is 2.88 bits per heavy atom. The summed E-state index contributed by atoms with van der Waals surface area (Å²) in [4.78, 5) is 8.51. The van der Waals surface area contributed by atoms with E-state index >= 15 is 0 Å². The summed E-state index contributed by atoms with van der Waals surface area (Å²) in [7, 11) is 0. The van der Waals surface area contributed by atoms with Crippen molar-refractivity contribution in [2.45, 2.75) is 32.8 Å². The Kier molecular flexibility index (Phi) is 6.39. The first-order valence-corrected chi connectivity index (χ1v) is 10.9. The molecule has 8 nitrogen and oxygen atoms in total. The van der Waals surface area contributed by atoms with E-state index in [0.29, 0.717) is 34.3 Å². The molecule has 1 aromatic heterocycles. The number of hydrogen-bond donors (Lipinski definition) is 5. The maximum Gasteiger partial charge on any atom is 0.166 e. The predicted octanol–water partition coefficient (Wildman–Crippen LogP) is 3.65. The SMILES string of the molecule is CC(=N)/C1=C(\NCC2CC2)c2cnc(N)c(c2)O[C@H](C)c2cc(F)ccc2/C(=N/C=N)NC1. The van der Waals surface area contributed by atoms with Crippen molar-refractivity contribution in [1.29, 1.82) is 10.8 Å². The molecule has 1 aliphatic heterocycles. The fraction of sp³-hybridized carbons (Fsp3) is 0.333. The largest absolute Gasteiger partial charge is 0.482 e. The Balaban J connectivity index is 1.89. The highest BCUT2D eigenvalue weighted by atomic mass is 19.1. The highest BCUT2D eigenvalue weighted by molar-refractivity contribution is 6.06. The van der Waals surface area contributed by atoms with E-state index in [1.807, 2.05) is 6.07 Å². The zero-order valence-electron chi connectivity index (χ0n) is 18.7. The molecule has 6 N–H and O–H groups in total. The third-order valence-electron chi connectivity index (χ3n) is 5.83. The third-order valence-corrected chi connectivity index (χ3v) is 5.83. The maximum absolute atomic E-state index is 14.2. The van der Waals surface area contributed by atoms with Gasteiger partial charge in [0.2, 0.25) is 0 Å². The van der Waals surface area contributed by atoms with Gasteiger partial charge in [0, 0.05) is 53.0 Å². The van der Waals surface area contributed by atoms with Crippen LogP contribution in [0.15, 0.2) is 41.0 Å². The number of benzene rings is 1. The number of aromatic nitrogens is 1. The van der Waals surface area contributed by atoms with Crippen LogP contribution in [0.3, 0.4) is 0 Å². The molecule has 2 bridgehead atoms. The number of anilines is 1. The molecule has 172 valence electrons. The molecule has 0 spiro atoms. The van der Waals surface area contributed by atoms with Crippen LogP contribution in [0.5, 0.6) is 5.75 Å². The average Bonchev–Trinajstić information content (AvgIpc) is 3.60. The standard InChI is InChI=1S/C24H28FN7O/c1-13(27)20-11-31-24(32-12-26)18-6-5-17(25)8-19(18)14(2)33-21-7-16(10-30-23(21)28)22(20)29-9-15-3-4-15/h5-8,10,12,14-15,27,29H,3-4,9,11H2,1-2H3,(H2,28,30)(H2,26,31,32)/b22-20-,27-13?/t14-/m1/s1. The normalized spacial score (nSPS) is 21.7. The molecule has 33 heavy (non-hydrogen) atoms. The van der Waals surface area contributed by atoms with E-state index in [9.17, 15) is 4.39 Å². The first kappa shape index (κ1) is 22.4. The summed E-state index contributed by atoms with van der Waals surface area (Å²) in [6.07, 6.45) is 4.41. The van der Waals surface area contributed by atoms with Crippen LogP contribution in [-0.2, 0) is 0 Å². The van der Waals surface area contributed by atoms with E-state index in [2.05, 4.69) is 20.6 Å². The van der Waals surface area contributed by atoms with E-state index in [4.69, 9.17) is 21.3 Å². The summed E-state index contributed by atoms with van der Waals surface area (Å²) in [5.41, 5.74) is 9.90. The number of aliphatic imine (C=N–C) groups is 1. The molecular formula is C24H28FN7O. The van der Waals surface area contributed by atoms with Crippen molar-refractivity contribution in [2.75, 3.05) is 18.8 Å². The molecule has 2 aliphatic rings. The molecule has 4 rings (SSSR count). The van der Waals surface area contributed by atoms with Crippen LogP contribution in [0.1, 0.15) is 49.5 Å². The van der Waals surface area contributed by atoms with Gasteiger partial charge in [-0.15, -0.1) is 0 Å². The Bertz CT molecular complexity index is 1150. The van der Waals surface area contributed by atoms with Crippen LogP contribution in [0, 0.1) is 22.6 Å². The number of pyridine rings is 1. The van der Waals surface area contributed by atoms with Crippen LogP contribution in [0.2, 0.25) is 0 Å². The topological polar surface area (TPSA) is 132 Å². The van der Waals surface area contributed by atoms with E-state index in [1.54, 1.807) is 26.1 Å². The van der Waals surface area contributed by atoms with E-state index in [0.717, 1.165) is 29.7 Å². The summed E-state index contributed by atoms with van der Waals surface area (Å²) in [6, 6.07) is 6.15. The average molecular weight is 450 g/mol. The Hall–Kier alpha value is -3.75. The lowest BCUT2D eigenvalue weighted by atomic mass is 9.99. The number of nitrogen functional groups attached to an aromatic ring is 1. The molecule has 2 aromatic rings. The molecule has 1 saturated carbocycles. The van der Waals surface area contributed by atoms with Crippen LogP contribution in [-0.4, -0.2) is 36.0 Å². The van der Waals surface area contributed by atoms with Crippen molar-refractivity contribution in [2.24, 2.45) is 10.9 Å². The van der Waals surface area contributed by atoms with Gasteiger partial charge >= 0.3 is 0 Å². The predicted molar refractivity (Wildman–Crippen MR) is 128 cm³/mol. The van der Waals surface area contributed by atoms with Crippen molar-refractivity contribution in [3.05, 3.63) is 58.5 Å². The minimum atomic E-state index is -0.567. The molecule has 1 atom stereocenters. The molecule has 1 aliphatic carbocycles. The van der Waals surface area contributed by atoms with Crippen molar-refractivity contribution >= 4 is 29.4 Å². The van der Waals surface area contributed by atoms with Crippen LogP contribution in [0.25, 0.3) is 5.70 Å². The number of rotatable bonds is 5. The maximum atomic E-state index is 14.2. The lowest BCUT2D eigenvalue weighted by Crippen LogP contribution is -2.32. The smallest absolute Gasteiger partial charge is 0.166 e. The number of halogens is 1. The third kappa shape index (κ3) is 5.02. The monoisotopic (exact) mass is 449 g/mol. The molecule has 1 fully saturated rings. The highest BCUT2D eigenvalue weighted by Gasteiger charge is 2.25. The van der Waals surface area contributed by atoms with Crippen molar-refractivity contribution in [3.63, 3.8) is 0 Å². The van der Waals surface area contributed by atoms with Gasteiger partial charge in [-0.3, -0.25) is 5.41 Å². The number of fused-ring (bicyclic) bond motifs is 3. The number of ether oxygens (including phenoxy) is 1. The van der Waals surface area contributed by atoms with Gasteiger partial charge in [0.1, 0.15) is 24.1 Å². The van der Waals surface area contributed by atoms with Gasteiger partial charge in [0.25, 0.3) is 0 Å². The van der Waals surface area contributed by atoms with Gasteiger partial charge in [-0.05, 0) is 56.9 Å². The molecule has 0 saturated heterocycles. The van der Waals surface area contributed by atoms with Crippen molar-refractivity contribution < 1.29 is 9.13 Å². The van der Waals surface area contributed by atoms with E-state index in [1.165, 1.54) is 25.0 Å². The summed E-state index contributed by atoms with van der Waals surface area (Å²) in [5.74, 6) is 1.20. The molecule has 2 heterocycles. The second kappa shape index (κ2) is 9.40. The van der Waals surface area contributed by atoms with Crippen molar-refractivity contribution in [1.82, 2.24) is 15.6 Å².